The summed E-state index contributed by atoms with van der Waals surface area (Å²) in [6.07, 6.45) is 1.43. The molecule has 2 aromatic rings. The third-order valence-electron chi connectivity index (χ3n) is 7.80. The quantitative estimate of drug-likeness (QED) is 0.384. The Morgan fingerprint density at radius 3 is 2.53 bits per heavy atom. The smallest absolute Gasteiger partial charge is 0.319 e. The fourth-order valence-electron chi connectivity index (χ4n) is 5.24. The number of amides is 3. The number of nitrogens with one attached hydrogen (secondary N) is 2. The van der Waals surface area contributed by atoms with Gasteiger partial charge < -0.3 is 34.6 Å². The molecule has 3 N–H and O–H groups in total. The van der Waals surface area contributed by atoms with E-state index in [2.05, 4.69) is 15.8 Å². The minimum atomic E-state index is -3.94. The van der Waals surface area contributed by atoms with Crippen molar-refractivity contribution in [2.45, 2.75) is 96.9 Å². The molecule has 13 nitrogen and oxygen atoms in total. The molecule has 0 bridgehead atoms. The number of aliphatic hydroxyl groups is 1. The van der Waals surface area contributed by atoms with Crippen molar-refractivity contribution in [3.8, 4) is 5.75 Å². The number of aryl methyl sites for hydroxylation is 2. The van der Waals surface area contributed by atoms with Gasteiger partial charge in [0.05, 0.1) is 30.4 Å². The van der Waals surface area contributed by atoms with Crippen molar-refractivity contribution in [2.75, 3.05) is 38.7 Å². The van der Waals surface area contributed by atoms with Crippen LogP contribution in [0, 0.1) is 19.8 Å². The number of likely N-dealkylation sites (N-methyl/N-ethyl adjacent to an activating group) is 1. The maximum absolute atomic E-state index is 14.2. The van der Waals surface area contributed by atoms with E-state index in [1.165, 1.54) is 11.4 Å². The number of sulfonamides is 1. The van der Waals surface area contributed by atoms with E-state index in [4.69, 9.17) is 14.0 Å². The van der Waals surface area contributed by atoms with Gasteiger partial charge in [-0.05, 0) is 79.0 Å². The summed E-state index contributed by atoms with van der Waals surface area (Å²) in [5, 5.41) is 19.5. The summed E-state index contributed by atoms with van der Waals surface area (Å²) in [6.45, 7) is 12.7. The second-order valence-electron chi connectivity index (χ2n) is 12.2. The fourth-order valence-corrected chi connectivity index (χ4v) is 6.71. The molecular weight excluding hydrogens is 602 g/mol. The molecule has 0 saturated heterocycles. The molecule has 1 aromatic heterocycles. The Balaban J connectivity index is 1.97. The fraction of sp³-hybridized carbons (Fsp3) is 0.645. The first-order valence-corrected chi connectivity index (χ1v) is 16.9. The van der Waals surface area contributed by atoms with Crippen LogP contribution >= 0.6 is 0 Å². The number of aliphatic hydroxyl groups excluding tert-OH is 1. The zero-order chi connectivity index (χ0) is 33.5. The molecule has 252 valence electrons. The lowest BCUT2D eigenvalue weighted by Crippen LogP contribution is -2.48. The number of rotatable bonds is 8. The molecule has 14 heteroatoms. The van der Waals surface area contributed by atoms with Crippen LogP contribution in [0.2, 0.25) is 0 Å². The molecule has 0 radical (unpaired) electrons. The Morgan fingerprint density at radius 2 is 1.91 bits per heavy atom. The number of fused-ring (bicyclic) bond motifs is 1. The second-order valence-corrected chi connectivity index (χ2v) is 14.2. The predicted molar refractivity (Wildman–Crippen MR) is 170 cm³/mol. The van der Waals surface area contributed by atoms with Crippen molar-refractivity contribution in [1.82, 2.24) is 19.7 Å². The van der Waals surface area contributed by atoms with Crippen molar-refractivity contribution in [3.05, 3.63) is 35.2 Å². The monoisotopic (exact) mass is 651 g/mol. The van der Waals surface area contributed by atoms with Crippen LogP contribution in [0.1, 0.15) is 75.7 Å². The summed E-state index contributed by atoms with van der Waals surface area (Å²) in [5.74, 6) is -0.153. The standard InChI is InChI=1S/C31H49N5O8S/c1-19(2)32-31(39)33-25-12-13-27-26(15-25)30(38)36(21(4)18-37)16-20(3)28(42-14-10-9-11-22(5)43-27)17-35(8)45(40,41)29-23(6)34-44-24(29)7/h12-13,15,19-22,28,37H,9-11,14,16-18H2,1-8H3,(H2,32,33,39)/t20-,21-,22-,28+/m1/s1. The van der Waals surface area contributed by atoms with Crippen molar-refractivity contribution in [3.63, 3.8) is 0 Å². The molecule has 0 unspecified atom stereocenters. The third kappa shape index (κ3) is 9.41. The number of anilines is 1. The zero-order valence-corrected chi connectivity index (χ0v) is 28.4. The van der Waals surface area contributed by atoms with E-state index < -0.39 is 34.1 Å². The topological polar surface area (TPSA) is 164 Å². The SMILES string of the molecule is Cc1noc(C)c1S(=O)(=O)N(C)C[C@@H]1OCCCC[C@@H](C)Oc2ccc(NC(=O)NC(C)C)cc2C(=O)N([C@H](C)CO)C[C@H]1C. The molecule has 0 fully saturated rings. The minimum absolute atomic E-state index is 0.0260. The molecule has 45 heavy (non-hydrogen) atoms. The molecular formula is C31H49N5O8S. The van der Waals surface area contributed by atoms with Gasteiger partial charge in [-0.3, -0.25) is 4.79 Å². The van der Waals surface area contributed by atoms with E-state index in [1.807, 2.05) is 27.7 Å². The summed E-state index contributed by atoms with van der Waals surface area (Å²) < 4.78 is 45.9. The largest absolute Gasteiger partial charge is 0.490 e. The number of nitrogens with zero attached hydrogens (tertiary/aromatic N) is 3. The molecule has 1 aliphatic rings. The average Bonchev–Trinajstić information content (AvgIpc) is 3.31. The van der Waals surface area contributed by atoms with Crippen molar-refractivity contribution >= 4 is 27.6 Å². The van der Waals surface area contributed by atoms with Crippen molar-refractivity contribution < 1.29 is 37.1 Å². The summed E-state index contributed by atoms with van der Waals surface area (Å²) in [7, 11) is -2.45. The molecule has 0 saturated carbocycles. The summed E-state index contributed by atoms with van der Waals surface area (Å²) >= 11 is 0. The van der Waals surface area contributed by atoms with Crippen LogP contribution in [0.5, 0.6) is 5.75 Å². The van der Waals surface area contributed by atoms with E-state index in [1.54, 1.807) is 43.9 Å². The Hall–Kier alpha value is -3.20. The van der Waals surface area contributed by atoms with E-state index in [0.717, 1.165) is 12.8 Å². The second kappa shape index (κ2) is 15.9. The number of carbonyl (C=O) groups is 2. The highest BCUT2D eigenvalue weighted by atomic mass is 32.2. The third-order valence-corrected chi connectivity index (χ3v) is 9.87. The zero-order valence-electron chi connectivity index (χ0n) is 27.6. The molecule has 0 spiro atoms. The maximum atomic E-state index is 14.2. The van der Waals surface area contributed by atoms with Crippen LogP contribution < -0.4 is 15.4 Å². The molecule has 3 rings (SSSR count). The highest BCUT2D eigenvalue weighted by Gasteiger charge is 2.34. The first-order valence-electron chi connectivity index (χ1n) is 15.5. The van der Waals surface area contributed by atoms with Gasteiger partial charge in [-0.25, -0.2) is 13.2 Å². The Bertz CT molecular complexity index is 1390. The Labute approximate surface area is 266 Å². The van der Waals surface area contributed by atoms with Crippen LogP contribution in [-0.4, -0.2) is 97.5 Å². The van der Waals surface area contributed by atoms with Crippen LogP contribution in [0.4, 0.5) is 10.5 Å². The minimum Gasteiger partial charge on any atom is -0.490 e. The Kier molecular flexibility index (Phi) is 12.8. The lowest BCUT2D eigenvalue weighted by atomic mass is 10.0. The number of carbonyl (C=O) groups excluding carboxylic acids is 2. The highest BCUT2D eigenvalue weighted by Crippen LogP contribution is 2.29. The van der Waals surface area contributed by atoms with Gasteiger partial charge >= 0.3 is 6.03 Å². The van der Waals surface area contributed by atoms with Crippen LogP contribution in [-0.2, 0) is 14.8 Å². The lowest BCUT2D eigenvalue weighted by molar-refractivity contribution is -0.00835. The number of ether oxygens (including phenoxy) is 2. The van der Waals surface area contributed by atoms with E-state index in [9.17, 15) is 23.1 Å². The molecule has 1 aliphatic heterocycles. The highest BCUT2D eigenvalue weighted by molar-refractivity contribution is 7.89. The first kappa shape index (κ1) is 36.3. The van der Waals surface area contributed by atoms with Gasteiger partial charge in [0.15, 0.2) is 5.76 Å². The molecule has 2 heterocycles. The summed E-state index contributed by atoms with van der Waals surface area (Å²) in [5.41, 5.74) is 0.928. The van der Waals surface area contributed by atoms with Crippen molar-refractivity contribution in [1.29, 1.82) is 0 Å². The lowest BCUT2D eigenvalue weighted by Gasteiger charge is -2.35. The summed E-state index contributed by atoms with van der Waals surface area (Å²) in [4.78, 5) is 28.2. The van der Waals surface area contributed by atoms with E-state index in [0.29, 0.717) is 24.5 Å². The van der Waals surface area contributed by atoms with Gasteiger partial charge in [0.2, 0.25) is 10.0 Å². The number of aromatic nitrogens is 1. The first-order chi connectivity index (χ1) is 21.1. The maximum Gasteiger partial charge on any atom is 0.319 e. The number of benzene rings is 1. The molecule has 3 amide bonds. The van der Waals surface area contributed by atoms with Gasteiger partial charge in [-0.1, -0.05) is 12.1 Å². The predicted octanol–water partition coefficient (Wildman–Crippen LogP) is 3.94. The van der Waals surface area contributed by atoms with Gasteiger partial charge in [0.25, 0.3) is 5.91 Å². The number of hydrogen-bond acceptors (Lipinski definition) is 9. The van der Waals surface area contributed by atoms with Gasteiger partial charge in [-0.15, -0.1) is 0 Å². The van der Waals surface area contributed by atoms with E-state index >= 15 is 0 Å². The summed E-state index contributed by atoms with van der Waals surface area (Å²) in [6, 6.07) is 3.87. The van der Waals surface area contributed by atoms with Crippen LogP contribution in [0.15, 0.2) is 27.6 Å². The van der Waals surface area contributed by atoms with Crippen LogP contribution in [0.3, 0.4) is 0 Å². The number of urea groups is 1. The Morgan fingerprint density at radius 1 is 1.20 bits per heavy atom. The van der Waals surface area contributed by atoms with Gasteiger partial charge in [0, 0.05) is 44.4 Å². The normalized spacial score (nSPS) is 21.2. The number of hydrogen-bond donors (Lipinski definition) is 3. The van der Waals surface area contributed by atoms with Gasteiger partial charge in [-0.2, -0.15) is 4.31 Å². The van der Waals surface area contributed by atoms with E-state index in [-0.39, 0.29) is 59.7 Å². The van der Waals surface area contributed by atoms with Crippen LogP contribution in [0.25, 0.3) is 0 Å². The van der Waals surface area contributed by atoms with Gasteiger partial charge in [0.1, 0.15) is 16.3 Å². The molecule has 0 aliphatic carbocycles. The molecule has 1 aromatic carbocycles. The average molecular weight is 652 g/mol. The van der Waals surface area contributed by atoms with Crippen molar-refractivity contribution in [2.24, 2.45) is 5.92 Å². The molecule has 4 atom stereocenters.